The summed E-state index contributed by atoms with van der Waals surface area (Å²) in [4.78, 5) is 27.8. The number of ether oxygens (including phenoxy) is 1. The number of nitrogens with one attached hydrogen (secondary N) is 1. The number of hydrogen-bond acceptors (Lipinski definition) is 3. The largest absolute Gasteiger partial charge is 0.497 e. The Kier molecular flexibility index (Phi) is 7.38. The van der Waals surface area contributed by atoms with Crippen molar-refractivity contribution < 1.29 is 14.3 Å². The molecule has 0 aliphatic carbocycles. The van der Waals surface area contributed by atoms with Crippen molar-refractivity contribution in [3.63, 3.8) is 0 Å². The molecule has 1 N–H and O–H groups in total. The molecule has 2 unspecified atom stereocenters. The molecule has 0 spiro atoms. The topological polar surface area (TPSA) is 58.6 Å². The average molecular weight is 429 g/mol. The van der Waals surface area contributed by atoms with Gasteiger partial charge >= 0.3 is 0 Å². The van der Waals surface area contributed by atoms with E-state index in [9.17, 15) is 9.59 Å². The van der Waals surface area contributed by atoms with Crippen LogP contribution in [-0.4, -0.2) is 43.0 Å². The third-order valence-corrected chi connectivity index (χ3v) is 5.76. The van der Waals surface area contributed by atoms with E-state index in [1.165, 1.54) is 5.56 Å². The smallest absolute Gasteiger partial charge is 0.251 e. The molecular weight excluding hydrogens is 400 g/mol. The molecule has 6 heteroatoms. The lowest BCUT2D eigenvalue weighted by atomic mass is 9.98. The van der Waals surface area contributed by atoms with Crippen LogP contribution in [0.3, 0.4) is 0 Å². The number of benzene rings is 2. The molecule has 0 aromatic heterocycles. The van der Waals surface area contributed by atoms with Gasteiger partial charge in [-0.25, -0.2) is 0 Å². The van der Waals surface area contributed by atoms with Crippen LogP contribution in [0.5, 0.6) is 5.75 Å². The van der Waals surface area contributed by atoms with E-state index in [0.717, 1.165) is 12.2 Å². The Morgan fingerprint density at radius 2 is 1.80 bits per heavy atom. The highest BCUT2D eigenvalue weighted by atomic mass is 35.5. The van der Waals surface area contributed by atoms with Crippen molar-refractivity contribution in [2.24, 2.45) is 5.92 Å². The van der Waals surface area contributed by atoms with Crippen LogP contribution in [-0.2, 0) is 4.79 Å². The van der Waals surface area contributed by atoms with Gasteiger partial charge in [0.2, 0.25) is 5.91 Å². The highest BCUT2D eigenvalue weighted by Gasteiger charge is 2.32. The maximum Gasteiger partial charge on any atom is 0.251 e. The first-order valence-electron chi connectivity index (χ1n) is 10.4. The number of likely N-dealkylation sites (tertiary alicyclic amines) is 1. The minimum atomic E-state index is -0.539. The second-order valence-electron chi connectivity index (χ2n) is 8.21. The predicted molar refractivity (Wildman–Crippen MR) is 119 cm³/mol. The summed E-state index contributed by atoms with van der Waals surface area (Å²) in [6.07, 6.45) is 1.51. The summed E-state index contributed by atoms with van der Waals surface area (Å²) < 4.78 is 5.23. The molecule has 2 aromatic carbocycles. The summed E-state index contributed by atoms with van der Waals surface area (Å²) in [7, 11) is 1.65. The second kappa shape index (κ2) is 9.98. The fraction of sp³-hybridized carbons (Fsp3) is 0.417. The van der Waals surface area contributed by atoms with Crippen molar-refractivity contribution in [1.29, 1.82) is 0 Å². The van der Waals surface area contributed by atoms with Gasteiger partial charge in [-0.3, -0.25) is 9.59 Å². The summed E-state index contributed by atoms with van der Waals surface area (Å²) in [5.41, 5.74) is 1.70. The molecular formula is C24H29ClN2O3. The highest BCUT2D eigenvalue weighted by molar-refractivity contribution is 6.30. The van der Waals surface area contributed by atoms with Crippen LogP contribution >= 0.6 is 11.6 Å². The number of carbonyl (C=O) groups is 2. The van der Waals surface area contributed by atoms with Crippen molar-refractivity contribution in [2.45, 2.75) is 38.6 Å². The Morgan fingerprint density at radius 1 is 1.13 bits per heavy atom. The Morgan fingerprint density at radius 3 is 2.40 bits per heavy atom. The summed E-state index contributed by atoms with van der Waals surface area (Å²) in [6, 6.07) is 14.2. The molecule has 2 atom stereocenters. The summed E-state index contributed by atoms with van der Waals surface area (Å²) in [5.74, 6) is 1.14. The lowest BCUT2D eigenvalue weighted by Crippen LogP contribution is -2.48. The monoisotopic (exact) mass is 428 g/mol. The molecule has 1 heterocycles. The molecule has 1 aliphatic heterocycles. The van der Waals surface area contributed by atoms with Gasteiger partial charge in [-0.05, 0) is 60.7 Å². The van der Waals surface area contributed by atoms with E-state index in [2.05, 4.69) is 31.3 Å². The third-order valence-electron chi connectivity index (χ3n) is 5.50. The third kappa shape index (κ3) is 5.54. The number of rotatable bonds is 7. The highest BCUT2D eigenvalue weighted by Crippen LogP contribution is 2.29. The van der Waals surface area contributed by atoms with Crippen LogP contribution in [0.4, 0.5) is 0 Å². The van der Waals surface area contributed by atoms with E-state index in [4.69, 9.17) is 16.3 Å². The first-order chi connectivity index (χ1) is 14.4. The molecule has 2 aromatic rings. The van der Waals surface area contributed by atoms with Gasteiger partial charge in [0.25, 0.3) is 5.91 Å². The van der Waals surface area contributed by atoms with Crippen molar-refractivity contribution >= 4 is 23.4 Å². The van der Waals surface area contributed by atoms with Crippen LogP contribution in [0.15, 0.2) is 48.5 Å². The Labute approximate surface area is 183 Å². The van der Waals surface area contributed by atoms with Gasteiger partial charge in [-0.15, -0.1) is 0 Å². The molecule has 30 heavy (non-hydrogen) atoms. The first-order valence-corrected chi connectivity index (χ1v) is 10.7. The average Bonchev–Trinajstić information content (AvgIpc) is 3.23. The SMILES string of the molecule is COc1ccc(C2CCN(C(=O)C(CC(C)C)NC(=O)c3ccc(Cl)cc3)C2)cc1. The molecule has 1 fully saturated rings. The first kappa shape index (κ1) is 22.2. The Hall–Kier alpha value is -2.53. The zero-order chi connectivity index (χ0) is 21.7. The maximum absolute atomic E-state index is 13.2. The van der Waals surface area contributed by atoms with Crippen LogP contribution in [0.25, 0.3) is 0 Å². The zero-order valence-corrected chi connectivity index (χ0v) is 18.5. The molecule has 1 aliphatic rings. The summed E-state index contributed by atoms with van der Waals surface area (Å²) >= 11 is 5.91. The van der Waals surface area contributed by atoms with Crippen LogP contribution in [0, 0.1) is 5.92 Å². The Balaban J connectivity index is 1.67. The molecule has 5 nitrogen and oxygen atoms in total. The second-order valence-corrected chi connectivity index (χ2v) is 8.64. The normalized spacial score (nSPS) is 17.1. The van der Waals surface area contributed by atoms with Crippen molar-refractivity contribution in [1.82, 2.24) is 10.2 Å². The number of amides is 2. The molecule has 2 amide bonds. The van der Waals surface area contributed by atoms with E-state index in [1.807, 2.05) is 17.0 Å². The van der Waals surface area contributed by atoms with Crippen LogP contribution in [0.1, 0.15) is 48.5 Å². The van der Waals surface area contributed by atoms with E-state index < -0.39 is 6.04 Å². The van der Waals surface area contributed by atoms with Crippen LogP contribution in [0.2, 0.25) is 5.02 Å². The fourth-order valence-corrected chi connectivity index (χ4v) is 3.99. The van der Waals surface area contributed by atoms with Gasteiger partial charge in [0.1, 0.15) is 11.8 Å². The standard InChI is InChI=1S/C24H29ClN2O3/c1-16(2)14-22(26-23(28)18-4-8-20(25)9-5-18)24(29)27-13-12-19(15-27)17-6-10-21(30-3)11-7-17/h4-11,16,19,22H,12-15H2,1-3H3,(H,26,28). The van der Waals surface area contributed by atoms with Crippen molar-refractivity contribution in [3.8, 4) is 5.75 Å². The minimum absolute atomic E-state index is 0.0120. The van der Waals surface area contributed by atoms with Gasteiger partial charge in [0.15, 0.2) is 0 Å². The van der Waals surface area contributed by atoms with Crippen molar-refractivity contribution in [3.05, 3.63) is 64.7 Å². The van der Waals surface area contributed by atoms with Gasteiger partial charge in [0, 0.05) is 29.6 Å². The van der Waals surface area contributed by atoms with Gasteiger partial charge in [-0.1, -0.05) is 37.6 Å². The quantitative estimate of drug-likeness (QED) is 0.705. The molecule has 0 saturated carbocycles. The molecule has 1 saturated heterocycles. The minimum Gasteiger partial charge on any atom is -0.497 e. The number of nitrogens with zero attached hydrogens (tertiary/aromatic N) is 1. The molecule has 3 rings (SSSR count). The number of hydrogen-bond donors (Lipinski definition) is 1. The van der Waals surface area contributed by atoms with E-state index in [1.54, 1.807) is 31.4 Å². The zero-order valence-electron chi connectivity index (χ0n) is 17.7. The summed E-state index contributed by atoms with van der Waals surface area (Å²) in [5, 5.41) is 3.51. The van der Waals surface area contributed by atoms with Crippen molar-refractivity contribution in [2.75, 3.05) is 20.2 Å². The lowest BCUT2D eigenvalue weighted by Gasteiger charge is -2.26. The molecule has 160 valence electrons. The fourth-order valence-electron chi connectivity index (χ4n) is 3.86. The van der Waals surface area contributed by atoms with Gasteiger partial charge in [0.05, 0.1) is 7.11 Å². The number of halogens is 1. The predicted octanol–water partition coefficient (Wildman–Crippen LogP) is 4.51. The number of carbonyl (C=O) groups excluding carboxylic acids is 2. The molecule has 0 radical (unpaired) electrons. The number of methoxy groups -OCH3 is 1. The molecule has 0 bridgehead atoms. The lowest BCUT2D eigenvalue weighted by molar-refractivity contribution is -0.132. The van der Waals surface area contributed by atoms with E-state index in [-0.39, 0.29) is 17.7 Å². The van der Waals surface area contributed by atoms with Gasteiger partial charge in [-0.2, -0.15) is 0 Å². The van der Waals surface area contributed by atoms with Gasteiger partial charge < -0.3 is 15.0 Å². The van der Waals surface area contributed by atoms with E-state index >= 15 is 0 Å². The Bertz CT molecular complexity index is 865. The summed E-state index contributed by atoms with van der Waals surface area (Å²) in [6.45, 7) is 5.47. The maximum atomic E-state index is 13.2. The van der Waals surface area contributed by atoms with E-state index in [0.29, 0.717) is 36.0 Å². The van der Waals surface area contributed by atoms with Crippen LogP contribution < -0.4 is 10.1 Å².